The van der Waals surface area contributed by atoms with Gasteiger partial charge in [-0.2, -0.15) is 0 Å². The molecule has 0 aliphatic carbocycles. The summed E-state index contributed by atoms with van der Waals surface area (Å²) in [5, 5.41) is 29.5. The van der Waals surface area contributed by atoms with Gasteiger partial charge in [-0.15, -0.1) is 0 Å². The molecule has 0 unspecified atom stereocenters. The highest BCUT2D eigenvalue weighted by atomic mass is 16.3. The number of benzene rings is 2. The SMILES string of the molecule is Cc1cc(O)cc(C(C)(C)c2cccc(O)c2)c1O. The van der Waals surface area contributed by atoms with E-state index in [-0.39, 0.29) is 17.2 Å². The van der Waals surface area contributed by atoms with Crippen LogP contribution in [-0.2, 0) is 5.41 Å². The van der Waals surface area contributed by atoms with Crippen molar-refractivity contribution >= 4 is 0 Å². The zero-order valence-electron chi connectivity index (χ0n) is 11.3. The number of aromatic hydroxyl groups is 3. The molecule has 0 fully saturated rings. The number of rotatable bonds is 2. The minimum absolute atomic E-state index is 0.124. The molecule has 0 atom stereocenters. The average Bonchev–Trinajstić information content (AvgIpc) is 2.33. The van der Waals surface area contributed by atoms with Crippen molar-refractivity contribution < 1.29 is 15.3 Å². The maximum atomic E-state index is 10.2. The molecule has 0 heterocycles. The number of phenols is 3. The van der Waals surface area contributed by atoms with Gasteiger partial charge < -0.3 is 15.3 Å². The summed E-state index contributed by atoms with van der Waals surface area (Å²) in [4.78, 5) is 0. The van der Waals surface area contributed by atoms with Crippen molar-refractivity contribution in [2.45, 2.75) is 26.2 Å². The monoisotopic (exact) mass is 258 g/mol. The van der Waals surface area contributed by atoms with E-state index in [2.05, 4.69) is 0 Å². The zero-order chi connectivity index (χ0) is 14.2. The minimum atomic E-state index is -0.522. The summed E-state index contributed by atoms with van der Waals surface area (Å²) in [6.07, 6.45) is 0. The summed E-state index contributed by atoms with van der Waals surface area (Å²) in [7, 11) is 0. The second-order valence-electron chi connectivity index (χ2n) is 5.33. The Hall–Kier alpha value is -2.16. The van der Waals surface area contributed by atoms with Gasteiger partial charge in [0.2, 0.25) is 0 Å². The third-order valence-corrected chi connectivity index (χ3v) is 3.53. The molecule has 0 aliphatic rings. The molecule has 2 rings (SSSR count). The van der Waals surface area contributed by atoms with Gasteiger partial charge in [-0.3, -0.25) is 0 Å². The quantitative estimate of drug-likeness (QED) is 0.723. The Kier molecular flexibility index (Phi) is 3.14. The molecule has 19 heavy (non-hydrogen) atoms. The van der Waals surface area contributed by atoms with Crippen LogP contribution >= 0.6 is 0 Å². The molecular formula is C16H18O3. The van der Waals surface area contributed by atoms with Crippen molar-refractivity contribution in [3.8, 4) is 17.2 Å². The van der Waals surface area contributed by atoms with E-state index < -0.39 is 5.41 Å². The molecule has 3 N–H and O–H groups in total. The van der Waals surface area contributed by atoms with Crippen molar-refractivity contribution in [3.63, 3.8) is 0 Å². The summed E-state index contributed by atoms with van der Waals surface area (Å²) in [6, 6.07) is 10.0. The summed E-state index contributed by atoms with van der Waals surface area (Å²) < 4.78 is 0. The van der Waals surface area contributed by atoms with Crippen LogP contribution in [0.25, 0.3) is 0 Å². The smallest absolute Gasteiger partial charge is 0.122 e. The molecule has 0 saturated heterocycles. The second kappa shape index (κ2) is 4.50. The van der Waals surface area contributed by atoms with E-state index >= 15 is 0 Å². The third kappa shape index (κ3) is 2.36. The maximum absolute atomic E-state index is 10.2. The summed E-state index contributed by atoms with van der Waals surface area (Å²) in [6.45, 7) is 5.63. The van der Waals surface area contributed by atoms with Crippen LogP contribution in [0.5, 0.6) is 17.2 Å². The van der Waals surface area contributed by atoms with Crippen LogP contribution < -0.4 is 0 Å². The van der Waals surface area contributed by atoms with E-state index in [0.717, 1.165) is 5.56 Å². The molecular weight excluding hydrogens is 240 g/mol. The van der Waals surface area contributed by atoms with Crippen molar-refractivity contribution in [1.82, 2.24) is 0 Å². The summed E-state index contributed by atoms with van der Waals surface area (Å²) >= 11 is 0. The molecule has 0 aromatic heterocycles. The fourth-order valence-electron chi connectivity index (χ4n) is 2.29. The Morgan fingerprint density at radius 2 is 1.58 bits per heavy atom. The molecule has 3 nitrogen and oxygen atoms in total. The van der Waals surface area contributed by atoms with Gasteiger partial charge in [-0.05, 0) is 42.3 Å². The van der Waals surface area contributed by atoms with Gasteiger partial charge in [-0.25, -0.2) is 0 Å². The number of phenolic OH excluding ortho intramolecular Hbond substituents is 3. The molecule has 0 radical (unpaired) electrons. The van der Waals surface area contributed by atoms with Gasteiger partial charge in [0, 0.05) is 11.0 Å². The Balaban J connectivity index is 2.62. The number of hydrogen-bond donors (Lipinski definition) is 3. The maximum Gasteiger partial charge on any atom is 0.122 e. The second-order valence-corrected chi connectivity index (χ2v) is 5.33. The van der Waals surface area contributed by atoms with Crippen molar-refractivity contribution in [2.75, 3.05) is 0 Å². The highest BCUT2D eigenvalue weighted by Crippen LogP contribution is 2.40. The van der Waals surface area contributed by atoms with E-state index in [1.54, 1.807) is 31.2 Å². The van der Waals surface area contributed by atoms with Crippen LogP contribution in [0.3, 0.4) is 0 Å². The van der Waals surface area contributed by atoms with Gasteiger partial charge in [-0.1, -0.05) is 26.0 Å². The van der Waals surface area contributed by atoms with E-state index in [0.29, 0.717) is 11.1 Å². The first-order valence-electron chi connectivity index (χ1n) is 6.15. The first kappa shape index (κ1) is 13.3. The fraction of sp³-hybridized carbons (Fsp3) is 0.250. The minimum Gasteiger partial charge on any atom is -0.508 e. The Morgan fingerprint density at radius 1 is 0.895 bits per heavy atom. The molecule has 0 saturated carbocycles. The summed E-state index contributed by atoms with van der Waals surface area (Å²) in [5.41, 5.74) is 1.61. The standard InChI is InChI=1S/C16H18O3/c1-10-7-13(18)9-14(15(10)19)16(2,3)11-5-4-6-12(17)8-11/h4-9,17-19H,1-3H3. The topological polar surface area (TPSA) is 60.7 Å². The lowest BCUT2D eigenvalue weighted by Gasteiger charge is -2.27. The predicted molar refractivity (Wildman–Crippen MR) is 74.7 cm³/mol. The van der Waals surface area contributed by atoms with Crippen LogP contribution in [-0.4, -0.2) is 15.3 Å². The molecule has 3 heteroatoms. The van der Waals surface area contributed by atoms with Gasteiger partial charge in [0.1, 0.15) is 17.2 Å². The lowest BCUT2D eigenvalue weighted by Crippen LogP contribution is -2.19. The largest absolute Gasteiger partial charge is 0.508 e. The molecule has 2 aromatic carbocycles. The Bertz CT molecular complexity index is 615. The predicted octanol–water partition coefficient (Wildman–Crippen LogP) is 3.44. The van der Waals surface area contributed by atoms with Crippen LogP contribution in [0.4, 0.5) is 0 Å². The first-order chi connectivity index (χ1) is 8.82. The number of hydrogen-bond acceptors (Lipinski definition) is 3. The van der Waals surface area contributed by atoms with Gasteiger partial charge >= 0.3 is 0 Å². The third-order valence-electron chi connectivity index (χ3n) is 3.53. The molecule has 100 valence electrons. The molecule has 0 spiro atoms. The van der Waals surface area contributed by atoms with Crippen LogP contribution in [0.2, 0.25) is 0 Å². The van der Waals surface area contributed by atoms with Crippen LogP contribution in [0.1, 0.15) is 30.5 Å². The number of aryl methyl sites for hydroxylation is 1. The highest BCUT2D eigenvalue weighted by molar-refractivity contribution is 5.53. The van der Waals surface area contributed by atoms with E-state index in [1.165, 1.54) is 6.07 Å². The lowest BCUT2D eigenvalue weighted by molar-refractivity contribution is 0.436. The molecule has 2 aromatic rings. The summed E-state index contributed by atoms with van der Waals surface area (Å²) in [5.74, 6) is 0.478. The zero-order valence-corrected chi connectivity index (χ0v) is 11.3. The van der Waals surface area contributed by atoms with Crippen LogP contribution in [0.15, 0.2) is 36.4 Å². The van der Waals surface area contributed by atoms with Gasteiger partial charge in [0.15, 0.2) is 0 Å². The average molecular weight is 258 g/mol. The van der Waals surface area contributed by atoms with E-state index in [1.807, 2.05) is 19.9 Å². The lowest BCUT2D eigenvalue weighted by atomic mass is 9.77. The van der Waals surface area contributed by atoms with Crippen LogP contribution in [0, 0.1) is 6.92 Å². The van der Waals surface area contributed by atoms with E-state index in [4.69, 9.17) is 0 Å². The van der Waals surface area contributed by atoms with Crippen molar-refractivity contribution in [1.29, 1.82) is 0 Å². The molecule has 0 amide bonds. The van der Waals surface area contributed by atoms with Crippen molar-refractivity contribution in [2.24, 2.45) is 0 Å². The van der Waals surface area contributed by atoms with Gasteiger partial charge in [0.25, 0.3) is 0 Å². The normalized spacial score (nSPS) is 11.5. The van der Waals surface area contributed by atoms with Crippen molar-refractivity contribution in [3.05, 3.63) is 53.1 Å². The molecule has 0 bridgehead atoms. The Labute approximate surface area is 112 Å². The van der Waals surface area contributed by atoms with E-state index in [9.17, 15) is 15.3 Å². The Morgan fingerprint density at radius 3 is 2.21 bits per heavy atom. The molecule has 0 aliphatic heterocycles. The first-order valence-corrected chi connectivity index (χ1v) is 6.15. The highest BCUT2D eigenvalue weighted by Gasteiger charge is 2.27. The van der Waals surface area contributed by atoms with Gasteiger partial charge in [0.05, 0.1) is 0 Å². The fourth-order valence-corrected chi connectivity index (χ4v) is 2.29.